The molecule has 0 radical (unpaired) electrons. The van der Waals surface area contributed by atoms with E-state index in [1.165, 1.54) is 161 Å². The molecule has 14 nitrogen and oxygen atoms in total. The summed E-state index contributed by atoms with van der Waals surface area (Å²) >= 11 is 0. The van der Waals surface area contributed by atoms with E-state index in [2.05, 4.69) is 55.6 Å². The topological polar surface area (TPSA) is 228 Å². The normalized spacial score (nSPS) is 25.1. The molecule has 12 atom stereocenters. The molecule has 2 aliphatic heterocycles. The van der Waals surface area contributed by atoms with Crippen LogP contribution in [-0.2, 0) is 23.7 Å². The van der Waals surface area contributed by atoms with Gasteiger partial charge in [0.15, 0.2) is 12.6 Å². The van der Waals surface area contributed by atoms with Crippen molar-refractivity contribution in [1.29, 1.82) is 0 Å². The zero-order valence-electron chi connectivity index (χ0n) is 48.0. The molecule has 2 saturated heterocycles. The smallest absolute Gasteiger partial charge is 0.220 e. The average Bonchev–Trinajstić information content (AvgIpc) is 3.42. The number of aliphatic hydroxyl groups excluding tert-OH is 8. The van der Waals surface area contributed by atoms with E-state index in [-0.39, 0.29) is 12.5 Å². The predicted molar refractivity (Wildman–Crippen MR) is 305 cm³/mol. The molecule has 76 heavy (non-hydrogen) atoms. The van der Waals surface area contributed by atoms with Crippen LogP contribution in [0, 0.1) is 0 Å². The molecule has 14 heteroatoms. The van der Waals surface area contributed by atoms with Crippen LogP contribution < -0.4 is 5.32 Å². The molecule has 446 valence electrons. The fourth-order valence-corrected chi connectivity index (χ4v) is 10.3. The number of hydrogen-bond donors (Lipinski definition) is 9. The van der Waals surface area contributed by atoms with E-state index in [0.717, 1.165) is 70.6 Å². The van der Waals surface area contributed by atoms with Crippen molar-refractivity contribution in [3.8, 4) is 0 Å². The molecule has 0 aromatic carbocycles. The summed E-state index contributed by atoms with van der Waals surface area (Å²) in [7, 11) is 0. The fourth-order valence-electron chi connectivity index (χ4n) is 10.3. The van der Waals surface area contributed by atoms with Crippen molar-refractivity contribution in [2.24, 2.45) is 0 Å². The lowest BCUT2D eigenvalue weighted by Crippen LogP contribution is -2.65. The molecule has 0 aromatic heterocycles. The number of hydrogen-bond acceptors (Lipinski definition) is 13. The summed E-state index contributed by atoms with van der Waals surface area (Å²) in [6.45, 7) is 2.87. The number of aliphatic hydroxyl groups is 8. The second kappa shape index (κ2) is 48.0. The Morgan fingerprint density at radius 3 is 1.33 bits per heavy atom. The standard InChI is InChI=1S/C62H115NO13/c1-3-5-7-9-11-13-15-17-19-21-22-23-24-25-26-27-28-30-32-34-36-38-40-42-44-46-54(67)63-50(51(66)45-43-41-39-37-35-33-31-29-20-18-16-14-12-10-8-6-4-2)49-73-61-59(72)57(70)60(53(48-65)75-61)76-62-58(71)56(69)55(68)52(47-64)74-62/h15,17,21-22,24-25,50-53,55-62,64-66,68-72H,3-14,16,18-20,23,26-49H2,1-2H3,(H,63,67)/b17-15-,22-21-,25-24-. The van der Waals surface area contributed by atoms with Gasteiger partial charge in [0.25, 0.3) is 0 Å². The number of unbranched alkanes of at least 4 members (excludes halogenated alkanes) is 31. The van der Waals surface area contributed by atoms with Crippen molar-refractivity contribution >= 4 is 5.91 Å². The van der Waals surface area contributed by atoms with Gasteiger partial charge < -0.3 is 65.1 Å². The number of nitrogens with one attached hydrogen (secondary N) is 1. The molecular formula is C62H115NO13. The molecule has 0 bridgehead atoms. The number of amides is 1. The zero-order valence-corrected chi connectivity index (χ0v) is 48.0. The zero-order chi connectivity index (χ0) is 55.3. The van der Waals surface area contributed by atoms with E-state index < -0.39 is 86.8 Å². The maximum Gasteiger partial charge on any atom is 0.220 e. The molecule has 0 spiro atoms. The van der Waals surface area contributed by atoms with Crippen LogP contribution in [0.3, 0.4) is 0 Å². The second-order valence-electron chi connectivity index (χ2n) is 22.2. The first-order valence-corrected chi connectivity index (χ1v) is 31.2. The molecule has 2 heterocycles. The van der Waals surface area contributed by atoms with E-state index >= 15 is 0 Å². The fraction of sp³-hybridized carbons (Fsp3) is 0.887. The van der Waals surface area contributed by atoms with Crippen LogP contribution in [0.1, 0.15) is 258 Å². The van der Waals surface area contributed by atoms with Gasteiger partial charge in [-0.3, -0.25) is 4.79 Å². The van der Waals surface area contributed by atoms with Gasteiger partial charge in [0.05, 0.1) is 32.0 Å². The van der Waals surface area contributed by atoms with Crippen molar-refractivity contribution in [3.05, 3.63) is 36.5 Å². The van der Waals surface area contributed by atoms with E-state index in [1.807, 2.05) is 0 Å². The molecule has 9 N–H and O–H groups in total. The summed E-state index contributed by atoms with van der Waals surface area (Å²) in [4.78, 5) is 13.3. The lowest BCUT2D eigenvalue weighted by atomic mass is 9.97. The highest BCUT2D eigenvalue weighted by Crippen LogP contribution is 2.30. The van der Waals surface area contributed by atoms with Gasteiger partial charge in [-0.1, -0.05) is 237 Å². The Morgan fingerprint density at radius 1 is 0.474 bits per heavy atom. The van der Waals surface area contributed by atoms with Gasteiger partial charge in [-0.05, 0) is 51.4 Å². The Bertz CT molecular complexity index is 1410. The van der Waals surface area contributed by atoms with Crippen LogP contribution >= 0.6 is 0 Å². The molecule has 2 fully saturated rings. The minimum absolute atomic E-state index is 0.209. The summed E-state index contributed by atoms with van der Waals surface area (Å²) in [5.41, 5.74) is 0. The number of ether oxygens (including phenoxy) is 4. The number of rotatable bonds is 50. The van der Waals surface area contributed by atoms with Gasteiger partial charge in [-0.15, -0.1) is 0 Å². The number of carbonyl (C=O) groups excluding carboxylic acids is 1. The summed E-state index contributed by atoms with van der Waals surface area (Å²) in [6.07, 6.45) is 41.4. The van der Waals surface area contributed by atoms with Crippen LogP contribution in [-0.4, -0.2) is 140 Å². The third-order valence-electron chi connectivity index (χ3n) is 15.4. The first kappa shape index (κ1) is 70.3. The molecule has 2 rings (SSSR count). The Labute approximate surface area is 461 Å². The third kappa shape index (κ3) is 33.1. The van der Waals surface area contributed by atoms with E-state index in [0.29, 0.717) is 12.8 Å². The van der Waals surface area contributed by atoms with Gasteiger partial charge in [-0.2, -0.15) is 0 Å². The largest absolute Gasteiger partial charge is 0.394 e. The van der Waals surface area contributed by atoms with Crippen LogP contribution in [0.2, 0.25) is 0 Å². The monoisotopic (exact) mass is 1080 g/mol. The third-order valence-corrected chi connectivity index (χ3v) is 15.4. The van der Waals surface area contributed by atoms with Gasteiger partial charge >= 0.3 is 0 Å². The Hall–Kier alpha value is -1.79. The highest BCUT2D eigenvalue weighted by Gasteiger charge is 2.51. The summed E-state index contributed by atoms with van der Waals surface area (Å²) in [6, 6.07) is -0.831. The highest BCUT2D eigenvalue weighted by atomic mass is 16.7. The van der Waals surface area contributed by atoms with Crippen molar-refractivity contribution in [1.82, 2.24) is 5.32 Å². The number of allylic oxidation sites excluding steroid dienone is 6. The lowest BCUT2D eigenvalue weighted by molar-refractivity contribution is -0.359. The molecule has 1 amide bonds. The first-order valence-electron chi connectivity index (χ1n) is 31.2. The highest BCUT2D eigenvalue weighted by molar-refractivity contribution is 5.76. The molecule has 0 aromatic rings. The van der Waals surface area contributed by atoms with Crippen LogP contribution in [0.5, 0.6) is 0 Å². The maximum absolute atomic E-state index is 13.3. The van der Waals surface area contributed by atoms with E-state index in [4.69, 9.17) is 18.9 Å². The van der Waals surface area contributed by atoms with Crippen LogP contribution in [0.4, 0.5) is 0 Å². The van der Waals surface area contributed by atoms with Crippen LogP contribution in [0.25, 0.3) is 0 Å². The Morgan fingerprint density at radius 2 is 0.868 bits per heavy atom. The molecule has 2 aliphatic rings. The first-order chi connectivity index (χ1) is 37.1. The van der Waals surface area contributed by atoms with Gasteiger partial charge in [0.1, 0.15) is 48.8 Å². The summed E-state index contributed by atoms with van der Waals surface area (Å²) in [5.74, 6) is -0.209. The van der Waals surface area contributed by atoms with Crippen molar-refractivity contribution in [2.75, 3.05) is 19.8 Å². The predicted octanol–water partition coefficient (Wildman–Crippen LogP) is 11.0. The minimum Gasteiger partial charge on any atom is -0.394 e. The summed E-state index contributed by atoms with van der Waals surface area (Å²) in [5, 5.41) is 87.3. The molecule has 0 saturated carbocycles. The van der Waals surface area contributed by atoms with E-state index in [1.54, 1.807) is 0 Å². The molecule has 12 unspecified atom stereocenters. The quantitative estimate of drug-likeness (QED) is 0.0204. The van der Waals surface area contributed by atoms with Gasteiger partial charge in [0, 0.05) is 6.42 Å². The minimum atomic E-state index is -1.78. The van der Waals surface area contributed by atoms with Crippen molar-refractivity contribution < 1.29 is 64.6 Å². The lowest BCUT2D eigenvalue weighted by Gasteiger charge is -2.46. The Kier molecular flexibility index (Phi) is 44.4. The van der Waals surface area contributed by atoms with E-state index in [9.17, 15) is 45.6 Å². The molecule has 0 aliphatic carbocycles. The SMILES string of the molecule is CCCCCCC/C=C\C/C=C\C/C=C\CCCCCCCCCCCCC(=O)NC(COC1OC(CO)C(OC2OC(CO)C(O)C(O)C2O)C(O)C1O)C(O)CCCCCCCCCCCCCCCCCCC. The van der Waals surface area contributed by atoms with Crippen LogP contribution in [0.15, 0.2) is 36.5 Å². The van der Waals surface area contributed by atoms with Crippen molar-refractivity contribution in [2.45, 2.75) is 331 Å². The Balaban J connectivity index is 1.72. The average molecular weight is 1080 g/mol. The summed E-state index contributed by atoms with van der Waals surface area (Å²) < 4.78 is 22.9. The maximum atomic E-state index is 13.3. The van der Waals surface area contributed by atoms with Crippen molar-refractivity contribution in [3.63, 3.8) is 0 Å². The van der Waals surface area contributed by atoms with Gasteiger partial charge in [0.2, 0.25) is 5.91 Å². The number of carbonyl (C=O) groups is 1. The molecular weight excluding hydrogens is 967 g/mol. The van der Waals surface area contributed by atoms with Gasteiger partial charge in [-0.25, -0.2) is 0 Å². The second-order valence-corrected chi connectivity index (χ2v) is 22.2.